The Morgan fingerprint density at radius 3 is 2.48 bits per heavy atom. The van der Waals surface area contributed by atoms with E-state index in [1.807, 2.05) is 36.1 Å². The highest BCUT2D eigenvalue weighted by Gasteiger charge is 2.24. The van der Waals surface area contributed by atoms with E-state index in [0.29, 0.717) is 36.9 Å². The molecule has 1 aliphatic rings. The highest BCUT2D eigenvalue weighted by Crippen LogP contribution is 2.20. The fourth-order valence-corrected chi connectivity index (χ4v) is 3.53. The summed E-state index contributed by atoms with van der Waals surface area (Å²) >= 11 is 0. The highest BCUT2D eigenvalue weighted by molar-refractivity contribution is 5.95. The first-order valence-corrected chi connectivity index (χ1v) is 10.5. The van der Waals surface area contributed by atoms with Crippen LogP contribution >= 0.6 is 0 Å². The molecule has 0 saturated carbocycles. The van der Waals surface area contributed by atoms with Crippen molar-refractivity contribution < 1.29 is 19.1 Å². The van der Waals surface area contributed by atoms with E-state index in [1.165, 1.54) is 12.5 Å². The summed E-state index contributed by atoms with van der Waals surface area (Å²) in [5.41, 5.74) is 2.68. The lowest BCUT2D eigenvalue weighted by molar-refractivity contribution is -0.131. The maximum Gasteiger partial charge on any atom is 0.308 e. The zero-order chi connectivity index (χ0) is 22.2. The Morgan fingerprint density at radius 2 is 1.81 bits per heavy atom. The van der Waals surface area contributed by atoms with Crippen molar-refractivity contribution in [1.29, 1.82) is 0 Å². The van der Waals surface area contributed by atoms with Crippen LogP contribution in [0.15, 0.2) is 54.6 Å². The summed E-state index contributed by atoms with van der Waals surface area (Å²) in [5, 5.41) is 2.96. The van der Waals surface area contributed by atoms with Crippen LogP contribution in [0.5, 0.6) is 5.75 Å². The molecule has 2 amide bonds. The van der Waals surface area contributed by atoms with Gasteiger partial charge in [-0.2, -0.15) is 0 Å². The van der Waals surface area contributed by atoms with Crippen LogP contribution in [0, 0.1) is 12.8 Å². The first kappa shape index (κ1) is 22.3. The van der Waals surface area contributed by atoms with Crippen molar-refractivity contribution in [2.24, 2.45) is 5.92 Å². The molecule has 1 aliphatic heterocycles. The molecule has 6 nitrogen and oxygen atoms in total. The topological polar surface area (TPSA) is 75.7 Å². The smallest absolute Gasteiger partial charge is 0.308 e. The average molecular weight is 421 g/mol. The van der Waals surface area contributed by atoms with Crippen LogP contribution in [0.4, 0.5) is 0 Å². The maximum atomic E-state index is 12.8. The second-order valence-electron chi connectivity index (χ2n) is 7.85. The molecule has 0 spiro atoms. The molecule has 2 aromatic carbocycles. The highest BCUT2D eigenvalue weighted by atomic mass is 16.5. The average Bonchev–Trinajstić information content (AvgIpc) is 2.77. The Kier molecular flexibility index (Phi) is 7.60. The van der Waals surface area contributed by atoms with Gasteiger partial charge in [0.1, 0.15) is 5.75 Å². The molecule has 1 saturated heterocycles. The summed E-state index contributed by atoms with van der Waals surface area (Å²) in [6, 6.07) is 14.7. The Bertz CT molecular complexity index is 958. The molecular formula is C25H28N2O4. The number of aryl methyl sites for hydroxylation is 1. The first-order chi connectivity index (χ1) is 14.9. The predicted octanol–water partition coefficient (Wildman–Crippen LogP) is 3.60. The second-order valence-corrected chi connectivity index (χ2v) is 7.85. The lowest BCUT2D eigenvalue weighted by Crippen LogP contribution is -2.41. The van der Waals surface area contributed by atoms with Crippen LogP contribution < -0.4 is 10.1 Å². The Labute approximate surface area is 182 Å². The molecule has 0 aromatic heterocycles. The molecule has 1 N–H and O–H groups in total. The quantitative estimate of drug-likeness (QED) is 0.440. The van der Waals surface area contributed by atoms with E-state index in [-0.39, 0.29) is 11.8 Å². The van der Waals surface area contributed by atoms with Crippen LogP contribution in [-0.2, 0) is 9.59 Å². The number of hydrogen-bond acceptors (Lipinski definition) is 4. The van der Waals surface area contributed by atoms with Crippen molar-refractivity contribution in [2.45, 2.75) is 26.7 Å². The van der Waals surface area contributed by atoms with Gasteiger partial charge in [-0.25, -0.2) is 0 Å². The number of ether oxygens (including phenoxy) is 1. The monoisotopic (exact) mass is 420 g/mol. The van der Waals surface area contributed by atoms with Gasteiger partial charge >= 0.3 is 5.97 Å². The largest absolute Gasteiger partial charge is 0.427 e. The number of hydrogen-bond donors (Lipinski definition) is 1. The van der Waals surface area contributed by atoms with Crippen molar-refractivity contribution in [3.8, 4) is 5.75 Å². The fraction of sp³-hybridized carbons (Fsp3) is 0.320. The number of rotatable bonds is 6. The van der Waals surface area contributed by atoms with Crippen molar-refractivity contribution in [1.82, 2.24) is 10.2 Å². The van der Waals surface area contributed by atoms with E-state index in [1.54, 1.807) is 36.4 Å². The third-order valence-corrected chi connectivity index (χ3v) is 5.31. The van der Waals surface area contributed by atoms with Gasteiger partial charge in [-0.3, -0.25) is 14.4 Å². The standard InChI is InChI=1S/C25H28N2O4/c1-18-6-8-20(9-7-18)10-11-24(29)26-17-21-12-14-27(15-13-21)25(30)22-4-3-5-23(16-22)31-19(2)28/h3-11,16,21H,12-15,17H2,1-2H3,(H,26,29)/b11-10+. The number of carbonyl (C=O) groups excluding carboxylic acids is 3. The molecule has 1 heterocycles. The molecule has 0 atom stereocenters. The predicted molar refractivity (Wildman–Crippen MR) is 120 cm³/mol. The summed E-state index contributed by atoms with van der Waals surface area (Å²) in [6.07, 6.45) is 5.02. The van der Waals surface area contributed by atoms with Gasteiger partial charge in [0.25, 0.3) is 5.91 Å². The molecule has 6 heteroatoms. The Morgan fingerprint density at radius 1 is 1.10 bits per heavy atom. The minimum absolute atomic E-state index is 0.0717. The molecule has 162 valence electrons. The number of amides is 2. The van der Waals surface area contributed by atoms with Crippen molar-refractivity contribution in [3.05, 3.63) is 71.3 Å². The molecule has 0 bridgehead atoms. The molecule has 0 aliphatic carbocycles. The molecule has 3 rings (SSSR count). The summed E-state index contributed by atoms with van der Waals surface area (Å²) in [5.74, 6) is 0.114. The fourth-order valence-electron chi connectivity index (χ4n) is 3.53. The molecular weight excluding hydrogens is 392 g/mol. The van der Waals surface area contributed by atoms with E-state index in [0.717, 1.165) is 18.4 Å². The van der Waals surface area contributed by atoms with Crippen LogP contribution in [-0.4, -0.2) is 42.3 Å². The zero-order valence-corrected chi connectivity index (χ0v) is 18.0. The van der Waals surface area contributed by atoms with E-state index >= 15 is 0 Å². The molecule has 2 aromatic rings. The molecule has 0 unspecified atom stereocenters. The van der Waals surface area contributed by atoms with Gasteiger partial charge in [-0.15, -0.1) is 0 Å². The van der Waals surface area contributed by atoms with Gasteiger partial charge in [0.15, 0.2) is 0 Å². The van der Waals surface area contributed by atoms with Crippen LogP contribution in [0.1, 0.15) is 41.3 Å². The summed E-state index contributed by atoms with van der Waals surface area (Å²) < 4.78 is 5.06. The minimum atomic E-state index is -0.416. The number of carbonyl (C=O) groups is 3. The maximum absolute atomic E-state index is 12.8. The van der Waals surface area contributed by atoms with Gasteiger partial charge < -0.3 is 15.0 Å². The van der Waals surface area contributed by atoms with E-state index in [4.69, 9.17) is 4.74 Å². The molecule has 0 radical (unpaired) electrons. The number of nitrogens with one attached hydrogen (secondary N) is 1. The number of likely N-dealkylation sites (tertiary alicyclic amines) is 1. The summed E-state index contributed by atoms with van der Waals surface area (Å²) in [4.78, 5) is 37.8. The van der Waals surface area contributed by atoms with Gasteiger partial charge in [-0.05, 0) is 55.5 Å². The zero-order valence-electron chi connectivity index (χ0n) is 18.0. The SMILES string of the molecule is CC(=O)Oc1cccc(C(=O)N2CCC(CNC(=O)/C=C/c3ccc(C)cc3)CC2)c1. The Hall–Kier alpha value is -3.41. The molecule has 1 fully saturated rings. The van der Waals surface area contributed by atoms with Gasteiger partial charge in [0, 0.05) is 38.2 Å². The third kappa shape index (κ3) is 6.81. The normalized spacial score (nSPS) is 14.5. The minimum Gasteiger partial charge on any atom is -0.427 e. The number of esters is 1. The van der Waals surface area contributed by atoms with Gasteiger partial charge in [0.05, 0.1) is 0 Å². The van der Waals surface area contributed by atoms with Gasteiger partial charge in [0.2, 0.25) is 5.91 Å². The third-order valence-electron chi connectivity index (χ3n) is 5.31. The summed E-state index contributed by atoms with van der Waals surface area (Å²) in [6.45, 7) is 5.23. The number of nitrogens with zero attached hydrogens (tertiary/aromatic N) is 1. The lowest BCUT2D eigenvalue weighted by atomic mass is 9.96. The van der Waals surface area contributed by atoms with Gasteiger partial charge in [-0.1, -0.05) is 35.9 Å². The van der Waals surface area contributed by atoms with Crippen molar-refractivity contribution >= 4 is 23.9 Å². The Balaban J connectivity index is 1.44. The van der Waals surface area contributed by atoms with Crippen LogP contribution in [0.25, 0.3) is 6.08 Å². The van der Waals surface area contributed by atoms with Crippen molar-refractivity contribution in [2.75, 3.05) is 19.6 Å². The summed E-state index contributed by atoms with van der Waals surface area (Å²) in [7, 11) is 0. The first-order valence-electron chi connectivity index (χ1n) is 10.5. The van der Waals surface area contributed by atoms with Crippen LogP contribution in [0.2, 0.25) is 0 Å². The second kappa shape index (κ2) is 10.6. The number of piperidine rings is 1. The van der Waals surface area contributed by atoms with E-state index in [9.17, 15) is 14.4 Å². The van der Waals surface area contributed by atoms with Crippen LogP contribution in [0.3, 0.4) is 0 Å². The van der Waals surface area contributed by atoms with E-state index in [2.05, 4.69) is 5.32 Å². The molecule has 31 heavy (non-hydrogen) atoms. The number of benzene rings is 2. The van der Waals surface area contributed by atoms with Crippen molar-refractivity contribution in [3.63, 3.8) is 0 Å². The lowest BCUT2D eigenvalue weighted by Gasteiger charge is -2.32. The van der Waals surface area contributed by atoms with E-state index < -0.39 is 5.97 Å².